The number of fused-ring (bicyclic) bond motifs is 1. The van der Waals surface area contributed by atoms with Crippen molar-refractivity contribution in [3.8, 4) is 5.75 Å². The molecule has 152 valence electrons. The number of alkyl halides is 2. The molecule has 2 amide bonds. The van der Waals surface area contributed by atoms with Crippen LogP contribution < -0.4 is 4.74 Å². The number of carbonyl (C=O) groups is 2. The zero-order chi connectivity index (χ0) is 20.3. The molecule has 0 N–H and O–H groups in total. The van der Waals surface area contributed by atoms with Gasteiger partial charge in [-0.2, -0.15) is 8.78 Å². The number of carbonyl (C=O) groups excluding carboxylic acids is 2. The summed E-state index contributed by atoms with van der Waals surface area (Å²) >= 11 is 0. The first kappa shape index (κ1) is 20.3. The number of amides is 2. The van der Waals surface area contributed by atoms with Crippen LogP contribution in [0.25, 0.3) is 0 Å². The monoisotopic (exact) mass is 393 g/mol. The molecule has 2 atom stereocenters. The molecule has 0 aliphatic carbocycles. The minimum atomic E-state index is -2.85. The number of hydrogen-bond acceptors (Lipinski definition) is 4. The van der Waals surface area contributed by atoms with Crippen LogP contribution in [-0.2, 0) is 16.1 Å². The van der Waals surface area contributed by atoms with Crippen LogP contribution in [0.15, 0.2) is 36.9 Å². The SMILES string of the molecule is C=CCCN1CC2N(Cc3ccc(OC(F)F)cc3)CCC(=O)N2C(C)C1=O. The van der Waals surface area contributed by atoms with E-state index in [0.29, 0.717) is 39.0 Å². The first-order valence-electron chi connectivity index (χ1n) is 9.39. The molecule has 0 saturated carbocycles. The topological polar surface area (TPSA) is 53.1 Å². The second-order valence-corrected chi connectivity index (χ2v) is 7.06. The molecule has 3 rings (SSSR count). The summed E-state index contributed by atoms with van der Waals surface area (Å²) in [4.78, 5) is 30.7. The van der Waals surface area contributed by atoms with Crippen molar-refractivity contribution in [2.24, 2.45) is 0 Å². The maximum absolute atomic E-state index is 12.6. The minimum Gasteiger partial charge on any atom is -0.435 e. The van der Waals surface area contributed by atoms with Gasteiger partial charge >= 0.3 is 6.61 Å². The first-order valence-corrected chi connectivity index (χ1v) is 9.39. The lowest BCUT2D eigenvalue weighted by atomic mass is 10.0. The summed E-state index contributed by atoms with van der Waals surface area (Å²) < 4.78 is 29.0. The van der Waals surface area contributed by atoms with Crippen LogP contribution in [0.1, 0.15) is 25.3 Å². The number of rotatable bonds is 7. The van der Waals surface area contributed by atoms with Crippen LogP contribution in [0.4, 0.5) is 8.78 Å². The Morgan fingerprint density at radius 1 is 1.29 bits per heavy atom. The molecule has 2 fully saturated rings. The molecule has 6 nitrogen and oxygen atoms in total. The fraction of sp³-hybridized carbons (Fsp3) is 0.500. The molecule has 0 radical (unpaired) electrons. The van der Waals surface area contributed by atoms with Crippen molar-refractivity contribution < 1.29 is 23.1 Å². The van der Waals surface area contributed by atoms with Crippen molar-refractivity contribution in [3.05, 3.63) is 42.5 Å². The summed E-state index contributed by atoms with van der Waals surface area (Å²) in [5, 5.41) is 0. The third-order valence-corrected chi connectivity index (χ3v) is 5.25. The predicted octanol–water partition coefficient (Wildman–Crippen LogP) is 2.46. The van der Waals surface area contributed by atoms with Gasteiger partial charge in [0.05, 0.1) is 6.54 Å². The fourth-order valence-corrected chi connectivity index (χ4v) is 3.85. The number of halogens is 2. The van der Waals surface area contributed by atoms with Gasteiger partial charge in [-0.15, -0.1) is 6.58 Å². The molecular formula is C20H25F2N3O3. The average molecular weight is 393 g/mol. The molecule has 2 unspecified atom stereocenters. The lowest BCUT2D eigenvalue weighted by molar-refractivity contribution is -0.169. The van der Waals surface area contributed by atoms with E-state index in [1.165, 1.54) is 12.1 Å². The summed E-state index contributed by atoms with van der Waals surface area (Å²) in [6.45, 7) is 4.81. The van der Waals surface area contributed by atoms with Gasteiger partial charge in [0, 0.05) is 26.1 Å². The Kier molecular flexibility index (Phi) is 6.28. The van der Waals surface area contributed by atoms with E-state index in [0.717, 1.165) is 5.56 Å². The molecule has 0 spiro atoms. The smallest absolute Gasteiger partial charge is 0.387 e. The third kappa shape index (κ3) is 4.32. The summed E-state index contributed by atoms with van der Waals surface area (Å²) in [5.41, 5.74) is 0.929. The Balaban J connectivity index is 1.74. The fourth-order valence-electron chi connectivity index (χ4n) is 3.85. The van der Waals surface area contributed by atoms with E-state index >= 15 is 0 Å². The number of ether oxygens (including phenoxy) is 1. The van der Waals surface area contributed by atoms with Crippen molar-refractivity contribution >= 4 is 11.8 Å². The molecule has 0 aromatic heterocycles. The quantitative estimate of drug-likeness (QED) is 0.668. The highest BCUT2D eigenvalue weighted by Crippen LogP contribution is 2.27. The Labute approximate surface area is 163 Å². The Hall–Kier alpha value is -2.48. The van der Waals surface area contributed by atoms with Crippen molar-refractivity contribution in [3.63, 3.8) is 0 Å². The summed E-state index contributed by atoms with van der Waals surface area (Å²) in [7, 11) is 0. The van der Waals surface area contributed by atoms with Crippen LogP contribution in [0.2, 0.25) is 0 Å². The van der Waals surface area contributed by atoms with Gasteiger partial charge in [0.1, 0.15) is 18.0 Å². The molecule has 2 aliphatic rings. The number of nitrogens with zero attached hydrogens (tertiary/aromatic N) is 3. The molecule has 0 bridgehead atoms. The maximum Gasteiger partial charge on any atom is 0.387 e. The van der Waals surface area contributed by atoms with Crippen LogP contribution in [0, 0.1) is 0 Å². The zero-order valence-electron chi connectivity index (χ0n) is 15.9. The van der Waals surface area contributed by atoms with Gasteiger partial charge in [0.2, 0.25) is 11.8 Å². The summed E-state index contributed by atoms with van der Waals surface area (Å²) in [6, 6.07) is 6.01. The summed E-state index contributed by atoms with van der Waals surface area (Å²) in [6.07, 6.45) is 2.63. The Morgan fingerprint density at radius 3 is 2.64 bits per heavy atom. The lowest BCUT2D eigenvalue weighted by Gasteiger charge is -2.51. The maximum atomic E-state index is 12.6. The highest BCUT2D eigenvalue weighted by molar-refractivity contribution is 5.89. The number of benzene rings is 1. The number of hydrogen-bond donors (Lipinski definition) is 0. The normalized spacial score (nSPS) is 23.1. The predicted molar refractivity (Wildman–Crippen MR) is 99.6 cm³/mol. The van der Waals surface area contributed by atoms with Crippen molar-refractivity contribution in [2.75, 3.05) is 19.6 Å². The molecule has 1 aromatic carbocycles. The molecule has 2 saturated heterocycles. The Bertz CT molecular complexity index is 726. The molecular weight excluding hydrogens is 368 g/mol. The second kappa shape index (κ2) is 8.68. The van der Waals surface area contributed by atoms with Crippen molar-refractivity contribution in [1.29, 1.82) is 0 Å². The van der Waals surface area contributed by atoms with Gasteiger partial charge in [-0.05, 0) is 31.0 Å². The van der Waals surface area contributed by atoms with Gasteiger partial charge < -0.3 is 14.5 Å². The van der Waals surface area contributed by atoms with E-state index in [-0.39, 0.29) is 23.7 Å². The van der Waals surface area contributed by atoms with Crippen molar-refractivity contribution in [2.45, 2.75) is 45.1 Å². The first-order chi connectivity index (χ1) is 13.4. The van der Waals surface area contributed by atoms with Gasteiger partial charge in [0.15, 0.2) is 0 Å². The number of piperazine rings is 1. The molecule has 28 heavy (non-hydrogen) atoms. The van der Waals surface area contributed by atoms with Crippen LogP contribution in [0.3, 0.4) is 0 Å². The highest BCUT2D eigenvalue weighted by atomic mass is 19.3. The Morgan fingerprint density at radius 2 is 2.00 bits per heavy atom. The minimum absolute atomic E-state index is 0.00819. The van der Waals surface area contributed by atoms with Gasteiger partial charge in [0.25, 0.3) is 0 Å². The third-order valence-electron chi connectivity index (χ3n) is 5.25. The largest absolute Gasteiger partial charge is 0.435 e. The van der Waals surface area contributed by atoms with Gasteiger partial charge in [-0.3, -0.25) is 14.5 Å². The van der Waals surface area contributed by atoms with E-state index in [2.05, 4.69) is 16.2 Å². The van der Waals surface area contributed by atoms with Gasteiger partial charge in [-0.1, -0.05) is 18.2 Å². The molecule has 2 aliphatic heterocycles. The van der Waals surface area contributed by atoms with E-state index in [4.69, 9.17) is 0 Å². The van der Waals surface area contributed by atoms with E-state index in [1.54, 1.807) is 34.9 Å². The van der Waals surface area contributed by atoms with E-state index < -0.39 is 12.7 Å². The zero-order valence-corrected chi connectivity index (χ0v) is 15.9. The average Bonchev–Trinajstić information content (AvgIpc) is 2.66. The lowest BCUT2D eigenvalue weighted by Crippen LogP contribution is -2.69. The van der Waals surface area contributed by atoms with Crippen LogP contribution >= 0.6 is 0 Å². The molecule has 1 aromatic rings. The summed E-state index contributed by atoms with van der Waals surface area (Å²) in [5.74, 6) is 0.0645. The van der Waals surface area contributed by atoms with E-state index in [1.807, 2.05) is 0 Å². The van der Waals surface area contributed by atoms with Crippen LogP contribution in [-0.4, -0.2) is 65.0 Å². The highest BCUT2D eigenvalue weighted by Gasteiger charge is 2.45. The second-order valence-electron chi connectivity index (χ2n) is 7.06. The molecule has 2 heterocycles. The van der Waals surface area contributed by atoms with E-state index in [9.17, 15) is 18.4 Å². The van der Waals surface area contributed by atoms with Crippen molar-refractivity contribution in [1.82, 2.24) is 14.7 Å². The standard InChI is InChI=1S/C20H25F2N3O3/c1-3-4-10-24-13-17-23(11-9-18(26)25(17)14(2)19(24)27)12-15-5-7-16(8-6-15)28-20(21)22/h3,5-8,14,17,20H,1,4,9-13H2,2H3. The van der Waals surface area contributed by atoms with Gasteiger partial charge in [-0.25, -0.2) is 0 Å². The molecule has 8 heteroatoms. The van der Waals surface area contributed by atoms with Crippen LogP contribution in [0.5, 0.6) is 5.75 Å².